The van der Waals surface area contributed by atoms with E-state index in [1.54, 1.807) is 0 Å². The first-order valence-corrected chi connectivity index (χ1v) is 6.25. The minimum atomic E-state index is 0.283. The SMILES string of the molecule is CB(c1ccccc1C)[N+]1=C(C)N=C/C=C\C=C1. The number of nitrogens with zero attached hydrogens (tertiary/aromatic N) is 2. The summed E-state index contributed by atoms with van der Waals surface area (Å²) in [5, 5.41) is 0. The fourth-order valence-electron chi connectivity index (χ4n) is 2.20. The van der Waals surface area contributed by atoms with Gasteiger partial charge >= 0.3 is 6.85 Å². The summed E-state index contributed by atoms with van der Waals surface area (Å²) in [7, 11) is 0. The lowest BCUT2D eigenvalue weighted by Crippen LogP contribution is -2.40. The van der Waals surface area contributed by atoms with E-state index in [2.05, 4.69) is 53.7 Å². The molecule has 0 radical (unpaired) electrons. The number of aryl methyl sites for hydroxylation is 1. The second-order valence-corrected chi connectivity index (χ2v) is 4.49. The van der Waals surface area contributed by atoms with Crippen LogP contribution in [0, 0.1) is 6.92 Å². The number of benzene rings is 1. The van der Waals surface area contributed by atoms with Gasteiger partial charge in [0.25, 0.3) is 5.84 Å². The van der Waals surface area contributed by atoms with Crippen LogP contribution in [0.15, 0.2) is 53.7 Å². The Kier molecular flexibility index (Phi) is 3.93. The van der Waals surface area contributed by atoms with Gasteiger partial charge in [-0.1, -0.05) is 40.9 Å². The van der Waals surface area contributed by atoms with Crippen LogP contribution in [0.4, 0.5) is 0 Å². The summed E-state index contributed by atoms with van der Waals surface area (Å²) in [6.07, 6.45) is 9.89. The van der Waals surface area contributed by atoms with Crippen LogP contribution in [-0.4, -0.2) is 23.4 Å². The van der Waals surface area contributed by atoms with Crippen molar-refractivity contribution < 1.29 is 4.49 Å². The normalized spacial score (nSPS) is 16.4. The molecule has 0 fully saturated rings. The first-order chi connectivity index (χ1) is 8.70. The number of allylic oxidation sites excluding steroid dienone is 3. The van der Waals surface area contributed by atoms with Gasteiger partial charge in [-0.15, -0.1) is 0 Å². The van der Waals surface area contributed by atoms with Crippen LogP contribution in [0.5, 0.6) is 0 Å². The monoisotopic (exact) mass is 237 g/mol. The smallest absolute Gasteiger partial charge is 0.294 e. The summed E-state index contributed by atoms with van der Waals surface area (Å²) in [6.45, 7) is 6.68. The Bertz CT molecular complexity index is 553. The molecule has 3 heteroatoms. The Balaban J connectivity index is 2.42. The molecule has 1 aromatic rings. The Hall–Kier alpha value is -1.90. The molecule has 1 aromatic carbocycles. The maximum atomic E-state index is 4.42. The van der Waals surface area contributed by atoms with Gasteiger partial charge in [0.05, 0.1) is 6.20 Å². The van der Waals surface area contributed by atoms with Crippen molar-refractivity contribution in [2.24, 2.45) is 4.99 Å². The van der Waals surface area contributed by atoms with Crippen LogP contribution in [-0.2, 0) is 0 Å². The summed E-state index contributed by atoms with van der Waals surface area (Å²) in [5.41, 5.74) is 2.65. The first kappa shape index (κ1) is 12.6. The Morgan fingerprint density at radius 2 is 1.83 bits per heavy atom. The lowest BCUT2D eigenvalue weighted by Gasteiger charge is -2.11. The summed E-state index contributed by atoms with van der Waals surface area (Å²) in [6, 6.07) is 8.49. The van der Waals surface area contributed by atoms with Crippen LogP contribution in [0.2, 0.25) is 6.82 Å². The highest BCUT2D eigenvalue weighted by Crippen LogP contribution is 2.01. The van der Waals surface area contributed by atoms with E-state index >= 15 is 0 Å². The Labute approximate surface area is 109 Å². The average molecular weight is 237 g/mol. The molecule has 0 N–H and O–H groups in total. The topological polar surface area (TPSA) is 15.4 Å². The number of hydrogen-bond donors (Lipinski definition) is 0. The molecule has 0 atom stereocenters. The standard InChI is InChI=1S/C15H18BN2/c1-13-9-5-6-10-15(13)16(3)18-12-8-4-7-11-17-14(18)2/h4-12H,1-3H3/q+1/b7-4-,8-4?,11-7?,12-8?. The van der Waals surface area contributed by atoms with E-state index in [0.29, 0.717) is 0 Å². The van der Waals surface area contributed by atoms with Crippen molar-refractivity contribution in [1.82, 2.24) is 0 Å². The van der Waals surface area contributed by atoms with Crippen molar-refractivity contribution in [3.05, 3.63) is 54.3 Å². The van der Waals surface area contributed by atoms with Crippen molar-refractivity contribution >= 4 is 24.4 Å². The maximum absolute atomic E-state index is 4.42. The molecular formula is C15H18BN2+. The molecule has 0 saturated carbocycles. The molecule has 0 unspecified atom stereocenters. The van der Waals surface area contributed by atoms with Gasteiger partial charge in [-0.3, -0.25) is 4.49 Å². The van der Waals surface area contributed by atoms with Gasteiger partial charge in [-0.05, 0) is 31.4 Å². The molecule has 0 aliphatic carbocycles. The van der Waals surface area contributed by atoms with Gasteiger partial charge in [-0.2, -0.15) is 0 Å². The zero-order valence-electron chi connectivity index (χ0n) is 11.2. The third kappa shape index (κ3) is 2.67. The van der Waals surface area contributed by atoms with Crippen molar-refractivity contribution in [3.63, 3.8) is 0 Å². The zero-order chi connectivity index (χ0) is 13.0. The van der Waals surface area contributed by atoms with Crippen LogP contribution in [0.3, 0.4) is 0 Å². The van der Waals surface area contributed by atoms with Crippen LogP contribution >= 0.6 is 0 Å². The van der Waals surface area contributed by atoms with E-state index in [9.17, 15) is 0 Å². The van der Waals surface area contributed by atoms with Gasteiger partial charge in [0.2, 0.25) is 0 Å². The molecule has 18 heavy (non-hydrogen) atoms. The molecule has 0 saturated heterocycles. The molecule has 1 heterocycles. The molecule has 0 amide bonds. The van der Waals surface area contributed by atoms with Crippen molar-refractivity contribution in [2.45, 2.75) is 20.7 Å². The summed E-state index contributed by atoms with van der Waals surface area (Å²) < 4.78 is 2.20. The molecule has 2 rings (SSSR count). The second kappa shape index (κ2) is 5.63. The predicted octanol–water partition coefficient (Wildman–Crippen LogP) is 2.41. The lowest BCUT2D eigenvalue weighted by atomic mass is 9.56. The van der Waals surface area contributed by atoms with E-state index in [1.807, 2.05) is 31.4 Å². The highest BCUT2D eigenvalue weighted by molar-refractivity contribution is 6.65. The minimum Gasteiger partial charge on any atom is -0.294 e. The molecule has 0 bridgehead atoms. The van der Waals surface area contributed by atoms with Crippen LogP contribution in [0.25, 0.3) is 0 Å². The number of amidine groups is 1. The molecular weight excluding hydrogens is 219 g/mol. The highest BCUT2D eigenvalue weighted by atomic mass is 15.0. The number of hydrogen-bond acceptors (Lipinski definition) is 1. The van der Waals surface area contributed by atoms with Crippen molar-refractivity contribution in [1.29, 1.82) is 0 Å². The lowest BCUT2D eigenvalue weighted by molar-refractivity contribution is -0.303. The molecule has 1 aliphatic heterocycles. The Morgan fingerprint density at radius 3 is 2.61 bits per heavy atom. The van der Waals surface area contributed by atoms with Crippen molar-refractivity contribution in [2.75, 3.05) is 0 Å². The average Bonchev–Trinajstić information content (AvgIpc) is 2.34. The van der Waals surface area contributed by atoms with Gasteiger partial charge in [0, 0.05) is 6.92 Å². The minimum absolute atomic E-state index is 0.283. The van der Waals surface area contributed by atoms with Gasteiger partial charge < -0.3 is 0 Å². The third-order valence-corrected chi connectivity index (χ3v) is 3.25. The highest BCUT2D eigenvalue weighted by Gasteiger charge is 2.23. The first-order valence-electron chi connectivity index (χ1n) is 6.25. The zero-order valence-corrected chi connectivity index (χ0v) is 11.2. The maximum Gasteiger partial charge on any atom is 0.409 e. The third-order valence-electron chi connectivity index (χ3n) is 3.25. The van der Waals surface area contributed by atoms with E-state index in [1.165, 1.54) is 11.0 Å². The molecule has 1 aliphatic rings. The predicted molar refractivity (Wildman–Crippen MR) is 80.1 cm³/mol. The largest absolute Gasteiger partial charge is 0.409 e. The quantitative estimate of drug-likeness (QED) is 0.702. The van der Waals surface area contributed by atoms with Gasteiger partial charge in [0.15, 0.2) is 0 Å². The fraction of sp³-hybridized carbons (Fsp3) is 0.200. The van der Waals surface area contributed by atoms with Crippen LogP contribution in [0.1, 0.15) is 12.5 Å². The van der Waals surface area contributed by atoms with E-state index in [0.717, 1.165) is 5.84 Å². The molecule has 90 valence electrons. The second-order valence-electron chi connectivity index (χ2n) is 4.49. The summed E-state index contributed by atoms with van der Waals surface area (Å²) in [5.74, 6) is 1.01. The van der Waals surface area contributed by atoms with E-state index in [4.69, 9.17) is 0 Å². The summed E-state index contributed by atoms with van der Waals surface area (Å²) >= 11 is 0. The molecule has 0 aromatic heterocycles. The molecule has 0 spiro atoms. The van der Waals surface area contributed by atoms with Crippen LogP contribution < -0.4 is 5.46 Å². The van der Waals surface area contributed by atoms with Gasteiger partial charge in [-0.25, -0.2) is 0 Å². The summed E-state index contributed by atoms with van der Waals surface area (Å²) in [4.78, 5) is 4.42. The molecule has 2 nitrogen and oxygen atoms in total. The van der Waals surface area contributed by atoms with E-state index in [-0.39, 0.29) is 6.85 Å². The number of rotatable bonds is 2. The number of aliphatic imine (C=N–C) groups is 1. The Morgan fingerprint density at radius 1 is 1.06 bits per heavy atom. The van der Waals surface area contributed by atoms with Gasteiger partial charge in [0.1, 0.15) is 6.21 Å². The fourth-order valence-corrected chi connectivity index (χ4v) is 2.20. The van der Waals surface area contributed by atoms with Crippen molar-refractivity contribution in [3.8, 4) is 0 Å². The van der Waals surface area contributed by atoms with E-state index < -0.39 is 0 Å².